The molecule has 0 bridgehead atoms. The van der Waals surface area contributed by atoms with Crippen LogP contribution in [-0.2, 0) is 4.74 Å². The van der Waals surface area contributed by atoms with E-state index in [9.17, 15) is 9.59 Å². The maximum atomic E-state index is 12.5. The van der Waals surface area contributed by atoms with E-state index in [2.05, 4.69) is 0 Å². The van der Waals surface area contributed by atoms with Crippen molar-refractivity contribution in [3.8, 4) is 44.8 Å². The van der Waals surface area contributed by atoms with Gasteiger partial charge in [-0.2, -0.15) is 0 Å². The average molecular weight is 472 g/mol. The molecule has 0 amide bonds. The van der Waals surface area contributed by atoms with Crippen molar-refractivity contribution in [1.82, 2.24) is 4.98 Å². The van der Waals surface area contributed by atoms with Crippen LogP contribution in [0.3, 0.4) is 0 Å². The highest BCUT2D eigenvalue weighted by molar-refractivity contribution is 7.13. The summed E-state index contributed by atoms with van der Waals surface area (Å²) in [6.45, 7) is 4.85. The summed E-state index contributed by atoms with van der Waals surface area (Å²) >= 11 is 1.41. The zero-order valence-electron chi connectivity index (χ0n) is 19.1. The molecule has 9 heteroatoms. The second kappa shape index (κ2) is 10.8. The number of carbonyl (C=O) groups is 2. The Hall–Kier alpha value is -3.59. The second-order valence-corrected chi connectivity index (χ2v) is 7.49. The third-order valence-electron chi connectivity index (χ3n) is 4.76. The lowest BCUT2D eigenvalue weighted by molar-refractivity contribution is 0.0593. The largest absolute Gasteiger partial charge is 0.495 e. The summed E-state index contributed by atoms with van der Waals surface area (Å²) in [5.41, 5.74) is 2.06. The maximum Gasteiger partial charge on any atom is 0.345 e. The molecule has 0 saturated heterocycles. The predicted octanol–water partition coefficient (Wildman–Crippen LogP) is 4.89. The molecule has 0 spiro atoms. The minimum atomic E-state index is -0.683. The molecule has 0 fully saturated rings. The fourth-order valence-electron chi connectivity index (χ4n) is 3.38. The zero-order valence-corrected chi connectivity index (χ0v) is 19.9. The fraction of sp³-hybridized carbons (Fsp3) is 0.292. The molecule has 0 N–H and O–H groups in total. The van der Waals surface area contributed by atoms with Gasteiger partial charge in [-0.3, -0.25) is 4.79 Å². The fourth-order valence-corrected chi connectivity index (χ4v) is 4.20. The number of aromatic nitrogens is 1. The van der Waals surface area contributed by atoms with Crippen LogP contribution in [0.5, 0.6) is 23.0 Å². The number of carbonyl (C=O) groups excluding carboxylic acids is 2. The van der Waals surface area contributed by atoms with E-state index in [0.717, 1.165) is 10.6 Å². The summed E-state index contributed by atoms with van der Waals surface area (Å²) in [5.74, 6) is 0.905. The maximum absolute atomic E-state index is 12.5. The van der Waals surface area contributed by atoms with Gasteiger partial charge in [0.15, 0.2) is 17.8 Å². The molecule has 0 saturated carbocycles. The van der Waals surface area contributed by atoms with E-state index >= 15 is 0 Å². The average Bonchev–Trinajstić information content (AvgIpc) is 3.33. The number of esters is 1. The molecule has 0 aliphatic heterocycles. The van der Waals surface area contributed by atoms with Crippen molar-refractivity contribution in [1.29, 1.82) is 0 Å². The van der Waals surface area contributed by atoms with Gasteiger partial charge in [0.25, 0.3) is 0 Å². The normalized spacial score (nSPS) is 10.5. The summed E-state index contributed by atoms with van der Waals surface area (Å²) in [6, 6.07) is 7.20. The van der Waals surface area contributed by atoms with Crippen LogP contribution in [-0.4, -0.2) is 51.8 Å². The Morgan fingerprint density at radius 2 is 1.70 bits per heavy atom. The summed E-state index contributed by atoms with van der Waals surface area (Å²) in [7, 11) is 4.05. The van der Waals surface area contributed by atoms with Gasteiger partial charge in [0.1, 0.15) is 22.1 Å². The number of benzene rings is 2. The summed E-state index contributed by atoms with van der Waals surface area (Å²) in [4.78, 5) is 28.9. The van der Waals surface area contributed by atoms with Gasteiger partial charge in [-0.25, -0.2) is 9.78 Å². The first kappa shape index (κ1) is 24.1. The second-order valence-electron chi connectivity index (χ2n) is 6.63. The number of hydrogen-bond donors (Lipinski definition) is 0. The SMILES string of the molecule is CCOc1ccc(-c2nc(-c3cc(C=O)c(OC)c(C(=O)OC)c3OC)cs2)cc1OCC. The summed E-state index contributed by atoms with van der Waals surface area (Å²) in [6.07, 6.45) is 0.613. The Labute approximate surface area is 196 Å². The third-order valence-corrected chi connectivity index (χ3v) is 5.65. The van der Waals surface area contributed by atoms with Crippen LogP contribution >= 0.6 is 11.3 Å². The predicted molar refractivity (Wildman–Crippen MR) is 125 cm³/mol. The molecule has 0 atom stereocenters. The summed E-state index contributed by atoms with van der Waals surface area (Å²) in [5, 5.41) is 2.55. The van der Waals surface area contributed by atoms with Crippen molar-refractivity contribution < 1.29 is 33.3 Å². The quantitative estimate of drug-likeness (QED) is 0.305. The van der Waals surface area contributed by atoms with Gasteiger partial charge < -0.3 is 23.7 Å². The molecular formula is C24H25NO7S. The van der Waals surface area contributed by atoms with Crippen molar-refractivity contribution in [2.24, 2.45) is 0 Å². The van der Waals surface area contributed by atoms with Crippen molar-refractivity contribution >= 4 is 23.6 Å². The highest BCUT2D eigenvalue weighted by atomic mass is 32.1. The lowest BCUT2D eigenvalue weighted by Crippen LogP contribution is -2.10. The molecule has 0 radical (unpaired) electrons. The van der Waals surface area contributed by atoms with Gasteiger partial charge in [0, 0.05) is 16.5 Å². The number of nitrogens with zero attached hydrogens (tertiary/aromatic N) is 1. The molecule has 2 aromatic carbocycles. The first-order chi connectivity index (χ1) is 16.0. The van der Waals surface area contributed by atoms with E-state index in [0.29, 0.717) is 42.3 Å². The smallest absolute Gasteiger partial charge is 0.345 e. The monoisotopic (exact) mass is 471 g/mol. The standard InChI is InChI=1S/C24H25NO7S/c1-6-31-18-9-8-14(11-19(18)32-7-2)23-25-17(13-33-23)16-10-15(12-26)21(28-3)20(22(16)29-4)24(27)30-5/h8-13H,6-7H2,1-5H3. The first-order valence-electron chi connectivity index (χ1n) is 10.2. The number of ether oxygens (including phenoxy) is 5. The van der Waals surface area contributed by atoms with E-state index in [1.807, 2.05) is 37.4 Å². The molecule has 0 aliphatic carbocycles. The lowest BCUT2D eigenvalue weighted by Gasteiger charge is -2.16. The first-order valence-corrected chi connectivity index (χ1v) is 11.1. The molecule has 3 rings (SSSR count). The number of thiazole rings is 1. The minimum Gasteiger partial charge on any atom is -0.495 e. The van der Waals surface area contributed by atoms with Crippen LogP contribution in [0.2, 0.25) is 0 Å². The highest BCUT2D eigenvalue weighted by Crippen LogP contribution is 2.42. The van der Waals surface area contributed by atoms with E-state index in [4.69, 9.17) is 28.7 Å². The molecule has 3 aromatic rings. The topological polar surface area (TPSA) is 93.2 Å². The Morgan fingerprint density at radius 1 is 1.00 bits per heavy atom. The summed E-state index contributed by atoms with van der Waals surface area (Å²) < 4.78 is 27.1. The van der Waals surface area contributed by atoms with E-state index in [1.165, 1.54) is 32.7 Å². The zero-order chi connectivity index (χ0) is 24.0. The van der Waals surface area contributed by atoms with E-state index < -0.39 is 5.97 Å². The molecule has 33 heavy (non-hydrogen) atoms. The van der Waals surface area contributed by atoms with Crippen LogP contribution in [0.15, 0.2) is 29.6 Å². The van der Waals surface area contributed by atoms with Crippen molar-refractivity contribution in [2.75, 3.05) is 34.5 Å². The molecule has 1 heterocycles. The van der Waals surface area contributed by atoms with Gasteiger partial charge >= 0.3 is 5.97 Å². The molecule has 174 valence electrons. The number of hydrogen-bond acceptors (Lipinski definition) is 9. The Bertz CT molecular complexity index is 1160. The van der Waals surface area contributed by atoms with Crippen molar-refractivity contribution in [3.05, 3.63) is 40.8 Å². The van der Waals surface area contributed by atoms with Crippen molar-refractivity contribution in [2.45, 2.75) is 13.8 Å². The van der Waals surface area contributed by atoms with Crippen LogP contribution in [0.1, 0.15) is 34.6 Å². The van der Waals surface area contributed by atoms with E-state index in [1.54, 1.807) is 6.07 Å². The van der Waals surface area contributed by atoms with E-state index in [-0.39, 0.29) is 22.6 Å². The van der Waals surface area contributed by atoms with Crippen LogP contribution < -0.4 is 18.9 Å². The number of aldehydes is 1. The minimum absolute atomic E-state index is 0.0244. The Morgan fingerprint density at radius 3 is 2.30 bits per heavy atom. The van der Waals surface area contributed by atoms with Crippen LogP contribution in [0.4, 0.5) is 0 Å². The molecule has 1 aromatic heterocycles. The van der Waals surface area contributed by atoms with Gasteiger partial charge in [-0.1, -0.05) is 0 Å². The Balaban J connectivity index is 2.14. The lowest BCUT2D eigenvalue weighted by atomic mass is 10.0. The molecule has 8 nitrogen and oxygen atoms in total. The molecular weight excluding hydrogens is 446 g/mol. The Kier molecular flexibility index (Phi) is 7.89. The van der Waals surface area contributed by atoms with Crippen LogP contribution in [0, 0.1) is 0 Å². The van der Waals surface area contributed by atoms with Gasteiger partial charge in [0.05, 0.1) is 45.8 Å². The molecule has 0 aliphatic rings. The number of methoxy groups -OCH3 is 3. The number of rotatable bonds is 10. The van der Waals surface area contributed by atoms with Gasteiger partial charge in [-0.05, 0) is 38.1 Å². The highest BCUT2D eigenvalue weighted by Gasteiger charge is 2.27. The van der Waals surface area contributed by atoms with Crippen LogP contribution in [0.25, 0.3) is 21.8 Å². The van der Waals surface area contributed by atoms with Gasteiger partial charge in [0.2, 0.25) is 0 Å². The van der Waals surface area contributed by atoms with Crippen molar-refractivity contribution in [3.63, 3.8) is 0 Å². The van der Waals surface area contributed by atoms with Gasteiger partial charge in [-0.15, -0.1) is 11.3 Å². The third kappa shape index (κ3) is 4.78. The molecule has 0 unspecified atom stereocenters.